The van der Waals surface area contributed by atoms with Crippen LogP contribution in [0.25, 0.3) is 0 Å². The Morgan fingerprint density at radius 1 is 1.33 bits per heavy atom. The molecule has 0 aliphatic carbocycles. The van der Waals surface area contributed by atoms with Crippen molar-refractivity contribution in [3.8, 4) is 0 Å². The Hall–Kier alpha value is -1.49. The molecular weight excluding hydrogens is 236 g/mol. The maximum absolute atomic E-state index is 13.1. The van der Waals surface area contributed by atoms with E-state index < -0.39 is 11.6 Å². The standard InChI is InChI=1S/C13H17F2N3/c14-11-4-9(5-12(15)6-11)7-18-3-1-2-10(8-18)13(16)17/h4-6,10H,1-3,7-8H2,(H3,16,17). The molecule has 2 rings (SSSR count). The van der Waals surface area contributed by atoms with Crippen LogP contribution < -0.4 is 5.73 Å². The summed E-state index contributed by atoms with van der Waals surface area (Å²) in [6.45, 7) is 2.06. The molecule has 3 N–H and O–H groups in total. The van der Waals surface area contributed by atoms with Gasteiger partial charge in [-0.3, -0.25) is 10.3 Å². The van der Waals surface area contributed by atoms with Crippen molar-refractivity contribution in [1.82, 2.24) is 4.90 Å². The van der Waals surface area contributed by atoms with Crippen molar-refractivity contribution in [3.05, 3.63) is 35.4 Å². The number of amidine groups is 1. The van der Waals surface area contributed by atoms with Gasteiger partial charge in [-0.25, -0.2) is 8.78 Å². The smallest absolute Gasteiger partial charge is 0.126 e. The number of nitrogens with zero attached hydrogens (tertiary/aromatic N) is 1. The number of nitrogens with one attached hydrogen (secondary N) is 1. The van der Waals surface area contributed by atoms with Crippen LogP contribution >= 0.6 is 0 Å². The van der Waals surface area contributed by atoms with Crippen molar-refractivity contribution in [2.24, 2.45) is 11.7 Å². The number of rotatable bonds is 3. The highest BCUT2D eigenvalue weighted by atomic mass is 19.1. The zero-order chi connectivity index (χ0) is 13.1. The Morgan fingerprint density at radius 3 is 2.61 bits per heavy atom. The molecular formula is C13H17F2N3. The van der Waals surface area contributed by atoms with E-state index in [4.69, 9.17) is 11.1 Å². The Bertz CT molecular complexity index is 428. The van der Waals surface area contributed by atoms with E-state index in [2.05, 4.69) is 4.90 Å². The predicted octanol–water partition coefficient (Wildman–Crippen LogP) is 2.11. The second kappa shape index (κ2) is 5.44. The average Bonchev–Trinajstić information content (AvgIpc) is 2.27. The van der Waals surface area contributed by atoms with Gasteiger partial charge in [0.15, 0.2) is 0 Å². The molecule has 98 valence electrons. The zero-order valence-corrected chi connectivity index (χ0v) is 10.1. The van der Waals surface area contributed by atoms with Crippen LogP contribution in [0, 0.1) is 23.0 Å². The van der Waals surface area contributed by atoms with Gasteiger partial charge in [-0.1, -0.05) is 0 Å². The van der Waals surface area contributed by atoms with E-state index in [1.54, 1.807) is 0 Å². The number of benzene rings is 1. The van der Waals surface area contributed by atoms with Gasteiger partial charge in [0.25, 0.3) is 0 Å². The maximum atomic E-state index is 13.1. The number of halogens is 2. The minimum absolute atomic E-state index is 0.0668. The Labute approximate surface area is 105 Å². The molecule has 1 aromatic carbocycles. The molecule has 0 bridgehead atoms. The van der Waals surface area contributed by atoms with Crippen molar-refractivity contribution in [1.29, 1.82) is 5.41 Å². The number of piperidine rings is 1. The second-order valence-electron chi connectivity index (χ2n) is 4.81. The third-order valence-electron chi connectivity index (χ3n) is 3.27. The van der Waals surface area contributed by atoms with Crippen LogP contribution in [0.15, 0.2) is 18.2 Å². The molecule has 0 spiro atoms. The lowest BCUT2D eigenvalue weighted by Gasteiger charge is -2.32. The third kappa shape index (κ3) is 3.26. The van der Waals surface area contributed by atoms with Gasteiger partial charge in [0.2, 0.25) is 0 Å². The normalized spacial score (nSPS) is 20.9. The molecule has 1 fully saturated rings. The van der Waals surface area contributed by atoms with Crippen molar-refractivity contribution in [2.75, 3.05) is 13.1 Å². The highest BCUT2D eigenvalue weighted by Gasteiger charge is 2.22. The van der Waals surface area contributed by atoms with Crippen molar-refractivity contribution >= 4 is 5.84 Å². The number of hydrogen-bond acceptors (Lipinski definition) is 2. The summed E-state index contributed by atoms with van der Waals surface area (Å²) < 4.78 is 26.1. The summed E-state index contributed by atoms with van der Waals surface area (Å²) in [6.07, 6.45) is 1.88. The molecule has 1 aliphatic rings. The molecule has 5 heteroatoms. The van der Waals surface area contributed by atoms with Crippen molar-refractivity contribution in [2.45, 2.75) is 19.4 Å². The molecule has 3 nitrogen and oxygen atoms in total. The molecule has 1 aromatic rings. The van der Waals surface area contributed by atoms with Crippen LogP contribution in [0.4, 0.5) is 8.78 Å². The fraction of sp³-hybridized carbons (Fsp3) is 0.462. The topological polar surface area (TPSA) is 53.1 Å². The molecule has 1 aliphatic heterocycles. The van der Waals surface area contributed by atoms with E-state index in [1.165, 1.54) is 12.1 Å². The summed E-state index contributed by atoms with van der Waals surface area (Å²) in [6, 6.07) is 3.57. The second-order valence-corrected chi connectivity index (χ2v) is 4.81. The van der Waals surface area contributed by atoms with Crippen LogP contribution in [0.3, 0.4) is 0 Å². The first kappa shape index (κ1) is 13.0. The van der Waals surface area contributed by atoms with E-state index >= 15 is 0 Å². The predicted molar refractivity (Wildman–Crippen MR) is 66.3 cm³/mol. The quantitative estimate of drug-likeness (QED) is 0.640. The van der Waals surface area contributed by atoms with Crippen LogP contribution in [-0.2, 0) is 6.54 Å². The highest BCUT2D eigenvalue weighted by Crippen LogP contribution is 2.19. The van der Waals surface area contributed by atoms with Crippen LogP contribution in [0.2, 0.25) is 0 Å². The van der Waals surface area contributed by atoms with E-state index in [-0.39, 0.29) is 11.8 Å². The minimum atomic E-state index is -0.551. The number of likely N-dealkylation sites (tertiary alicyclic amines) is 1. The van der Waals surface area contributed by atoms with Gasteiger partial charge in [-0.05, 0) is 37.1 Å². The fourth-order valence-corrected chi connectivity index (χ4v) is 2.41. The lowest BCUT2D eigenvalue weighted by molar-refractivity contribution is 0.195. The Balaban J connectivity index is 2.02. The SMILES string of the molecule is N=C(N)C1CCCN(Cc2cc(F)cc(F)c2)C1. The van der Waals surface area contributed by atoms with E-state index in [0.717, 1.165) is 25.5 Å². The molecule has 0 amide bonds. The van der Waals surface area contributed by atoms with Gasteiger partial charge >= 0.3 is 0 Å². The minimum Gasteiger partial charge on any atom is -0.387 e. The first-order valence-corrected chi connectivity index (χ1v) is 6.06. The number of hydrogen-bond donors (Lipinski definition) is 2. The fourth-order valence-electron chi connectivity index (χ4n) is 2.41. The van der Waals surface area contributed by atoms with Gasteiger partial charge in [0.1, 0.15) is 11.6 Å². The first-order chi connectivity index (χ1) is 8.54. The van der Waals surface area contributed by atoms with Gasteiger partial charge in [0, 0.05) is 25.1 Å². The molecule has 1 heterocycles. The Kier molecular flexibility index (Phi) is 3.91. The van der Waals surface area contributed by atoms with Crippen LogP contribution in [0.1, 0.15) is 18.4 Å². The molecule has 1 saturated heterocycles. The van der Waals surface area contributed by atoms with Crippen LogP contribution in [0.5, 0.6) is 0 Å². The zero-order valence-electron chi connectivity index (χ0n) is 10.1. The molecule has 0 saturated carbocycles. The lowest BCUT2D eigenvalue weighted by Crippen LogP contribution is -2.40. The van der Waals surface area contributed by atoms with Gasteiger partial charge < -0.3 is 5.73 Å². The molecule has 0 aromatic heterocycles. The van der Waals surface area contributed by atoms with Crippen LogP contribution in [-0.4, -0.2) is 23.8 Å². The highest BCUT2D eigenvalue weighted by molar-refractivity contribution is 5.79. The van der Waals surface area contributed by atoms with Gasteiger partial charge in [0.05, 0.1) is 5.84 Å². The summed E-state index contributed by atoms with van der Waals surface area (Å²) in [7, 11) is 0. The number of nitrogens with two attached hydrogens (primary N) is 1. The maximum Gasteiger partial charge on any atom is 0.126 e. The lowest BCUT2D eigenvalue weighted by atomic mass is 9.96. The summed E-state index contributed by atoms with van der Waals surface area (Å²) in [5.41, 5.74) is 6.13. The summed E-state index contributed by atoms with van der Waals surface area (Å²) >= 11 is 0. The largest absolute Gasteiger partial charge is 0.387 e. The van der Waals surface area contributed by atoms with E-state index in [9.17, 15) is 8.78 Å². The monoisotopic (exact) mass is 253 g/mol. The molecule has 1 atom stereocenters. The molecule has 18 heavy (non-hydrogen) atoms. The van der Waals surface area contributed by atoms with Gasteiger partial charge in [-0.2, -0.15) is 0 Å². The van der Waals surface area contributed by atoms with Crippen molar-refractivity contribution < 1.29 is 8.78 Å². The third-order valence-corrected chi connectivity index (χ3v) is 3.27. The van der Waals surface area contributed by atoms with E-state index in [0.29, 0.717) is 18.7 Å². The summed E-state index contributed by atoms with van der Waals surface area (Å²) in [5, 5.41) is 7.46. The Morgan fingerprint density at radius 2 is 2.00 bits per heavy atom. The van der Waals surface area contributed by atoms with Gasteiger partial charge in [-0.15, -0.1) is 0 Å². The molecule has 1 unspecified atom stereocenters. The summed E-state index contributed by atoms with van der Waals surface area (Å²) in [4.78, 5) is 2.09. The van der Waals surface area contributed by atoms with E-state index in [1.807, 2.05) is 0 Å². The molecule has 0 radical (unpaired) electrons. The van der Waals surface area contributed by atoms with Crippen molar-refractivity contribution in [3.63, 3.8) is 0 Å². The average molecular weight is 253 g/mol. The summed E-state index contributed by atoms with van der Waals surface area (Å²) in [5.74, 6) is -0.836. The first-order valence-electron chi connectivity index (χ1n) is 6.06.